The maximum absolute atomic E-state index is 13.2. The second-order valence-electron chi connectivity index (χ2n) is 2.84. The molecule has 4 heteroatoms. The van der Waals surface area contributed by atoms with E-state index in [2.05, 4.69) is 11.2 Å². The maximum atomic E-state index is 13.2. The molecule has 0 aliphatic carbocycles. The molecule has 1 aromatic carbocycles. The molecule has 0 bridgehead atoms. The minimum absolute atomic E-state index is 0.0181. The summed E-state index contributed by atoms with van der Waals surface area (Å²) in [6.07, 6.45) is 2.98. The zero-order valence-electron chi connectivity index (χ0n) is 7.24. The van der Waals surface area contributed by atoms with Crippen LogP contribution in [0, 0.1) is 17.7 Å². The van der Waals surface area contributed by atoms with Gasteiger partial charge in [-0.2, -0.15) is 5.10 Å². The summed E-state index contributed by atoms with van der Waals surface area (Å²) in [5.74, 6) is -1.11. The summed E-state index contributed by atoms with van der Waals surface area (Å²) in [6.45, 7) is 0.0853. The van der Waals surface area contributed by atoms with Crippen LogP contribution in [-0.2, 0) is 6.54 Å². The summed E-state index contributed by atoms with van der Waals surface area (Å²) in [5, 5.41) is 3.82. The van der Waals surface area contributed by atoms with E-state index in [1.54, 1.807) is 0 Å². The number of halogens is 2. The van der Waals surface area contributed by atoms with E-state index in [9.17, 15) is 8.78 Å². The molecule has 2 rings (SSSR count). The largest absolute Gasteiger partial charge is 0.267 e. The molecular weight excluding hydrogens is 186 g/mol. The molecule has 0 saturated heterocycles. The average Bonchev–Trinajstić information content (AvgIpc) is 2.64. The highest BCUT2D eigenvalue weighted by atomic mass is 19.1. The Labute approximate surface area is 79.8 Å². The zero-order chi connectivity index (χ0) is 9.97. The minimum Gasteiger partial charge on any atom is -0.267 e. The van der Waals surface area contributed by atoms with Gasteiger partial charge in [0.1, 0.15) is 11.6 Å². The van der Waals surface area contributed by atoms with Crippen LogP contribution in [-0.4, -0.2) is 9.78 Å². The number of aromatic nitrogens is 2. The molecule has 0 fully saturated rings. The van der Waals surface area contributed by atoms with Crippen LogP contribution in [0.15, 0.2) is 30.6 Å². The standard InChI is InChI=1S/C10H7F2N2/c11-9-3-1-4-10(12)8(9)7-14-6-2-5-13-14/h1,3-6H,7H2. The van der Waals surface area contributed by atoms with Crippen molar-refractivity contribution in [3.05, 3.63) is 53.9 Å². The van der Waals surface area contributed by atoms with Crippen LogP contribution in [0.2, 0.25) is 0 Å². The summed E-state index contributed by atoms with van der Waals surface area (Å²) in [6, 6.07) is 6.49. The van der Waals surface area contributed by atoms with Crippen molar-refractivity contribution in [1.29, 1.82) is 0 Å². The van der Waals surface area contributed by atoms with Crippen molar-refractivity contribution in [2.45, 2.75) is 6.54 Å². The predicted octanol–water partition coefficient (Wildman–Crippen LogP) is 2.01. The van der Waals surface area contributed by atoms with Crippen molar-refractivity contribution >= 4 is 0 Å². The Morgan fingerprint density at radius 3 is 2.57 bits per heavy atom. The highest BCUT2D eigenvalue weighted by Gasteiger charge is 2.08. The lowest BCUT2D eigenvalue weighted by Gasteiger charge is -2.04. The highest BCUT2D eigenvalue weighted by Crippen LogP contribution is 2.12. The molecule has 2 nitrogen and oxygen atoms in total. The van der Waals surface area contributed by atoms with Gasteiger partial charge in [-0.05, 0) is 12.1 Å². The maximum Gasteiger partial charge on any atom is 0.131 e. The third-order valence-corrected chi connectivity index (χ3v) is 1.89. The number of hydrogen-bond acceptors (Lipinski definition) is 1. The summed E-state index contributed by atoms with van der Waals surface area (Å²) in [7, 11) is 0. The third-order valence-electron chi connectivity index (χ3n) is 1.89. The first-order valence-corrected chi connectivity index (χ1v) is 4.09. The second-order valence-corrected chi connectivity index (χ2v) is 2.84. The predicted molar refractivity (Wildman–Crippen MR) is 46.5 cm³/mol. The van der Waals surface area contributed by atoms with Gasteiger partial charge in [0, 0.05) is 17.8 Å². The molecular formula is C10H7F2N2. The van der Waals surface area contributed by atoms with E-state index < -0.39 is 11.6 Å². The molecule has 0 unspecified atom stereocenters. The van der Waals surface area contributed by atoms with Gasteiger partial charge in [-0.3, -0.25) is 4.68 Å². The third kappa shape index (κ3) is 1.64. The Bertz CT molecular complexity index is 403. The van der Waals surface area contributed by atoms with E-state index in [0.717, 1.165) is 0 Å². The lowest BCUT2D eigenvalue weighted by Crippen LogP contribution is -2.04. The quantitative estimate of drug-likeness (QED) is 0.713. The fourth-order valence-electron chi connectivity index (χ4n) is 1.19. The van der Waals surface area contributed by atoms with Crippen molar-refractivity contribution in [1.82, 2.24) is 9.78 Å². The summed E-state index contributed by atoms with van der Waals surface area (Å²) >= 11 is 0. The van der Waals surface area contributed by atoms with Crippen LogP contribution in [0.3, 0.4) is 0 Å². The van der Waals surface area contributed by atoms with Gasteiger partial charge in [0.15, 0.2) is 0 Å². The van der Waals surface area contributed by atoms with Gasteiger partial charge in [0.2, 0.25) is 0 Å². The van der Waals surface area contributed by atoms with Crippen molar-refractivity contribution in [3.8, 4) is 0 Å². The van der Waals surface area contributed by atoms with E-state index in [1.165, 1.54) is 35.3 Å². The molecule has 1 radical (unpaired) electrons. The molecule has 0 amide bonds. The van der Waals surface area contributed by atoms with Crippen molar-refractivity contribution in [2.24, 2.45) is 0 Å². The number of rotatable bonds is 2. The Morgan fingerprint density at radius 1 is 1.29 bits per heavy atom. The summed E-state index contributed by atoms with van der Waals surface area (Å²) in [5.41, 5.74) is 0.0181. The van der Waals surface area contributed by atoms with E-state index in [1.807, 2.05) is 0 Å². The van der Waals surface area contributed by atoms with E-state index in [-0.39, 0.29) is 12.1 Å². The molecule has 0 spiro atoms. The second kappa shape index (κ2) is 3.57. The smallest absolute Gasteiger partial charge is 0.131 e. The van der Waals surface area contributed by atoms with Crippen LogP contribution in [0.5, 0.6) is 0 Å². The average molecular weight is 193 g/mol. The van der Waals surface area contributed by atoms with Gasteiger partial charge < -0.3 is 0 Å². The fraction of sp³-hybridized carbons (Fsp3) is 0.100. The first-order valence-electron chi connectivity index (χ1n) is 4.09. The molecule has 1 aromatic heterocycles. The van der Waals surface area contributed by atoms with Gasteiger partial charge in [-0.1, -0.05) is 6.07 Å². The molecule has 0 aliphatic heterocycles. The van der Waals surface area contributed by atoms with Gasteiger partial charge in [-0.15, -0.1) is 0 Å². The summed E-state index contributed by atoms with van der Waals surface area (Å²) < 4.78 is 27.7. The van der Waals surface area contributed by atoms with Gasteiger partial charge in [0.05, 0.1) is 12.7 Å². The van der Waals surface area contributed by atoms with E-state index in [4.69, 9.17) is 0 Å². The van der Waals surface area contributed by atoms with E-state index >= 15 is 0 Å². The van der Waals surface area contributed by atoms with E-state index in [0.29, 0.717) is 0 Å². The van der Waals surface area contributed by atoms with Crippen LogP contribution < -0.4 is 0 Å². The van der Waals surface area contributed by atoms with Crippen molar-refractivity contribution in [2.75, 3.05) is 0 Å². The first-order chi connectivity index (χ1) is 6.77. The van der Waals surface area contributed by atoms with Crippen molar-refractivity contribution in [3.63, 3.8) is 0 Å². The Morgan fingerprint density at radius 2 is 2.00 bits per heavy atom. The fourth-order valence-corrected chi connectivity index (χ4v) is 1.19. The molecule has 14 heavy (non-hydrogen) atoms. The molecule has 0 saturated carbocycles. The normalized spacial score (nSPS) is 10.4. The van der Waals surface area contributed by atoms with Crippen molar-refractivity contribution < 1.29 is 8.78 Å². The van der Waals surface area contributed by atoms with Crippen LogP contribution in [0.1, 0.15) is 5.56 Å². The number of hydrogen-bond donors (Lipinski definition) is 0. The molecule has 0 atom stereocenters. The van der Waals surface area contributed by atoms with Crippen LogP contribution in [0.25, 0.3) is 0 Å². The summed E-state index contributed by atoms with van der Waals surface area (Å²) in [4.78, 5) is 0. The first kappa shape index (κ1) is 8.87. The molecule has 0 N–H and O–H groups in total. The monoisotopic (exact) mass is 193 g/mol. The molecule has 1 heterocycles. The molecule has 71 valence electrons. The Balaban J connectivity index is 2.33. The highest BCUT2D eigenvalue weighted by molar-refractivity contribution is 5.19. The lowest BCUT2D eigenvalue weighted by molar-refractivity contribution is 0.533. The topological polar surface area (TPSA) is 17.8 Å². The number of benzene rings is 1. The van der Waals surface area contributed by atoms with Gasteiger partial charge in [0.25, 0.3) is 0 Å². The molecule has 0 aliphatic rings. The lowest BCUT2D eigenvalue weighted by atomic mass is 10.2. The minimum atomic E-state index is -0.555. The van der Waals surface area contributed by atoms with Gasteiger partial charge in [-0.25, -0.2) is 8.78 Å². The van der Waals surface area contributed by atoms with Crippen LogP contribution >= 0.6 is 0 Å². The SMILES string of the molecule is Fc1cccc(F)c1Cn1c[c]cn1. The Kier molecular flexibility index (Phi) is 2.26. The zero-order valence-corrected chi connectivity index (χ0v) is 7.24. The van der Waals surface area contributed by atoms with Gasteiger partial charge >= 0.3 is 0 Å². The Hall–Kier alpha value is -1.71. The van der Waals surface area contributed by atoms with Crippen LogP contribution in [0.4, 0.5) is 8.78 Å². The number of nitrogens with zero attached hydrogens (tertiary/aromatic N) is 2. The molecule has 2 aromatic rings.